The fraction of sp³-hybridized carbons (Fsp3) is 0.273. The summed E-state index contributed by atoms with van der Waals surface area (Å²) in [4.78, 5) is 13.0. The van der Waals surface area contributed by atoms with Crippen molar-refractivity contribution in [3.8, 4) is 0 Å². The molecule has 2 N–H and O–H groups in total. The zero-order valence-corrected chi connectivity index (χ0v) is 15.5. The molecule has 2 aromatic heterocycles. The van der Waals surface area contributed by atoms with Crippen LogP contribution in [0.3, 0.4) is 0 Å². The second kappa shape index (κ2) is 7.76. The standard InChI is InChI=1S/C22H24N4O/c1-16-20-21(25-24-16)18-10-5-6-11-19(18)26(22(20)27)15-7-13-23-14-12-17-8-3-2-4-9-17/h2-6,8-11,23H,7,12-15H2,1H3,(H,24,25). The summed E-state index contributed by atoms with van der Waals surface area (Å²) in [5.41, 5.74) is 3.94. The number of para-hydroxylation sites is 1. The molecule has 2 aromatic carbocycles. The van der Waals surface area contributed by atoms with Gasteiger partial charge in [0.2, 0.25) is 0 Å². The zero-order valence-electron chi connectivity index (χ0n) is 15.5. The van der Waals surface area contributed by atoms with Crippen molar-refractivity contribution >= 4 is 21.8 Å². The summed E-state index contributed by atoms with van der Waals surface area (Å²) in [7, 11) is 0. The Morgan fingerprint density at radius 3 is 2.67 bits per heavy atom. The van der Waals surface area contributed by atoms with E-state index in [1.165, 1.54) is 5.56 Å². The minimum Gasteiger partial charge on any atom is -0.316 e. The summed E-state index contributed by atoms with van der Waals surface area (Å²) >= 11 is 0. The predicted molar refractivity (Wildman–Crippen MR) is 110 cm³/mol. The lowest BCUT2D eigenvalue weighted by atomic mass is 10.1. The van der Waals surface area contributed by atoms with Crippen molar-refractivity contribution < 1.29 is 0 Å². The van der Waals surface area contributed by atoms with Crippen molar-refractivity contribution in [2.75, 3.05) is 13.1 Å². The number of nitrogens with zero attached hydrogens (tertiary/aromatic N) is 2. The van der Waals surface area contributed by atoms with Gasteiger partial charge in [-0.1, -0.05) is 48.5 Å². The van der Waals surface area contributed by atoms with Crippen LogP contribution < -0.4 is 10.9 Å². The summed E-state index contributed by atoms with van der Waals surface area (Å²) in [6.07, 6.45) is 1.92. The van der Waals surface area contributed by atoms with E-state index in [1.807, 2.05) is 41.8 Å². The van der Waals surface area contributed by atoms with Crippen molar-refractivity contribution in [1.82, 2.24) is 20.1 Å². The number of hydrogen-bond acceptors (Lipinski definition) is 3. The lowest BCUT2D eigenvalue weighted by Gasteiger charge is -2.12. The van der Waals surface area contributed by atoms with E-state index in [1.54, 1.807) is 0 Å². The highest BCUT2D eigenvalue weighted by Crippen LogP contribution is 2.22. The topological polar surface area (TPSA) is 62.7 Å². The Labute approximate surface area is 158 Å². The lowest BCUT2D eigenvalue weighted by molar-refractivity contribution is 0.584. The highest BCUT2D eigenvalue weighted by Gasteiger charge is 2.14. The molecule has 0 radical (unpaired) electrons. The Kier molecular flexibility index (Phi) is 5.03. The summed E-state index contributed by atoms with van der Waals surface area (Å²) in [6, 6.07) is 18.5. The van der Waals surface area contributed by atoms with Gasteiger partial charge in [-0.3, -0.25) is 9.89 Å². The van der Waals surface area contributed by atoms with E-state index in [0.717, 1.165) is 48.0 Å². The molecule has 0 bridgehead atoms. The molecule has 0 saturated heterocycles. The second-order valence-electron chi connectivity index (χ2n) is 6.87. The Bertz CT molecular complexity index is 1110. The summed E-state index contributed by atoms with van der Waals surface area (Å²) in [5, 5.41) is 12.5. The summed E-state index contributed by atoms with van der Waals surface area (Å²) in [5.74, 6) is 0. The molecule has 0 aliphatic rings. The first-order chi connectivity index (χ1) is 13.3. The van der Waals surface area contributed by atoms with Crippen LogP contribution in [0.2, 0.25) is 0 Å². The fourth-order valence-electron chi connectivity index (χ4n) is 3.64. The van der Waals surface area contributed by atoms with Gasteiger partial charge in [-0.25, -0.2) is 0 Å². The summed E-state index contributed by atoms with van der Waals surface area (Å²) < 4.78 is 1.89. The number of pyridine rings is 1. The zero-order chi connectivity index (χ0) is 18.6. The number of hydrogen-bond donors (Lipinski definition) is 2. The third kappa shape index (κ3) is 3.51. The van der Waals surface area contributed by atoms with E-state index in [0.29, 0.717) is 11.9 Å². The molecule has 4 rings (SSSR count). The van der Waals surface area contributed by atoms with Crippen molar-refractivity contribution in [2.45, 2.75) is 26.3 Å². The minimum atomic E-state index is 0.0410. The molecule has 0 aliphatic carbocycles. The molecule has 5 heteroatoms. The van der Waals surface area contributed by atoms with Gasteiger partial charge >= 0.3 is 0 Å². The molecule has 2 heterocycles. The molecule has 4 aromatic rings. The first-order valence-electron chi connectivity index (χ1n) is 9.46. The predicted octanol–water partition coefficient (Wildman–Crippen LogP) is 3.41. The van der Waals surface area contributed by atoms with Gasteiger partial charge in [-0.2, -0.15) is 5.10 Å². The number of benzene rings is 2. The van der Waals surface area contributed by atoms with Gasteiger partial charge in [0.05, 0.1) is 22.1 Å². The molecule has 5 nitrogen and oxygen atoms in total. The Hall–Kier alpha value is -2.92. The quantitative estimate of drug-likeness (QED) is 0.497. The van der Waals surface area contributed by atoms with Crippen molar-refractivity contribution in [3.63, 3.8) is 0 Å². The maximum atomic E-state index is 13.0. The average Bonchev–Trinajstić information content (AvgIpc) is 3.09. The molecule has 138 valence electrons. The smallest absolute Gasteiger partial charge is 0.262 e. The minimum absolute atomic E-state index is 0.0410. The van der Waals surface area contributed by atoms with E-state index in [-0.39, 0.29) is 5.56 Å². The molecular formula is C22H24N4O. The van der Waals surface area contributed by atoms with Crippen molar-refractivity contribution in [1.29, 1.82) is 0 Å². The first kappa shape index (κ1) is 17.5. The third-order valence-electron chi connectivity index (χ3n) is 5.04. The SMILES string of the molecule is Cc1n[nH]c2c1c(=O)n(CCCNCCc1ccccc1)c1ccccc21. The number of H-pyrrole nitrogens is 1. The molecule has 0 atom stereocenters. The van der Waals surface area contributed by atoms with Gasteiger partial charge in [-0.05, 0) is 44.5 Å². The molecule has 0 spiro atoms. The highest BCUT2D eigenvalue weighted by atomic mass is 16.1. The maximum absolute atomic E-state index is 13.0. The van der Waals surface area contributed by atoms with E-state index >= 15 is 0 Å². The van der Waals surface area contributed by atoms with Gasteiger partial charge in [0.15, 0.2) is 0 Å². The normalized spacial score (nSPS) is 11.4. The average molecular weight is 360 g/mol. The maximum Gasteiger partial charge on any atom is 0.262 e. The number of aryl methyl sites for hydroxylation is 2. The summed E-state index contributed by atoms with van der Waals surface area (Å²) in [6.45, 7) is 4.40. The van der Waals surface area contributed by atoms with E-state index in [4.69, 9.17) is 0 Å². The first-order valence-corrected chi connectivity index (χ1v) is 9.46. The van der Waals surface area contributed by atoms with Gasteiger partial charge in [0, 0.05) is 11.9 Å². The van der Waals surface area contributed by atoms with E-state index < -0.39 is 0 Å². The van der Waals surface area contributed by atoms with Crippen LogP contribution in [0.25, 0.3) is 21.8 Å². The molecular weight excluding hydrogens is 336 g/mol. The Morgan fingerprint density at radius 1 is 1.04 bits per heavy atom. The van der Waals surface area contributed by atoms with Crippen LogP contribution in [0.4, 0.5) is 0 Å². The van der Waals surface area contributed by atoms with Crippen LogP contribution in [0, 0.1) is 6.92 Å². The van der Waals surface area contributed by atoms with Gasteiger partial charge in [0.1, 0.15) is 0 Å². The van der Waals surface area contributed by atoms with Crippen LogP contribution in [-0.2, 0) is 13.0 Å². The highest BCUT2D eigenvalue weighted by molar-refractivity contribution is 6.03. The number of fused-ring (bicyclic) bond motifs is 3. The van der Waals surface area contributed by atoms with Crippen LogP contribution in [-0.4, -0.2) is 27.9 Å². The van der Waals surface area contributed by atoms with Crippen molar-refractivity contribution in [3.05, 3.63) is 76.2 Å². The molecule has 0 saturated carbocycles. The monoisotopic (exact) mass is 360 g/mol. The van der Waals surface area contributed by atoms with Gasteiger partial charge < -0.3 is 9.88 Å². The number of aromatic nitrogens is 3. The van der Waals surface area contributed by atoms with E-state index in [2.05, 4.69) is 39.8 Å². The van der Waals surface area contributed by atoms with Crippen LogP contribution >= 0.6 is 0 Å². The van der Waals surface area contributed by atoms with Gasteiger partial charge in [0.25, 0.3) is 5.56 Å². The number of nitrogens with one attached hydrogen (secondary N) is 2. The molecule has 0 amide bonds. The number of rotatable bonds is 7. The molecule has 27 heavy (non-hydrogen) atoms. The third-order valence-corrected chi connectivity index (χ3v) is 5.04. The Balaban J connectivity index is 1.46. The van der Waals surface area contributed by atoms with Crippen molar-refractivity contribution in [2.24, 2.45) is 0 Å². The fourth-order valence-corrected chi connectivity index (χ4v) is 3.64. The molecule has 0 unspecified atom stereocenters. The lowest BCUT2D eigenvalue weighted by Crippen LogP contribution is -2.24. The molecule has 0 aliphatic heterocycles. The largest absolute Gasteiger partial charge is 0.316 e. The van der Waals surface area contributed by atoms with Crippen LogP contribution in [0.5, 0.6) is 0 Å². The Morgan fingerprint density at radius 2 is 1.81 bits per heavy atom. The van der Waals surface area contributed by atoms with Crippen LogP contribution in [0.15, 0.2) is 59.4 Å². The number of aromatic amines is 1. The van der Waals surface area contributed by atoms with Crippen LogP contribution in [0.1, 0.15) is 17.7 Å². The second-order valence-corrected chi connectivity index (χ2v) is 6.87. The molecule has 0 fully saturated rings. The van der Waals surface area contributed by atoms with E-state index in [9.17, 15) is 4.79 Å². The van der Waals surface area contributed by atoms with Gasteiger partial charge in [-0.15, -0.1) is 0 Å².